The van der Waals surface area contributed by atoms with Gasteiger partial charge >= 0.3 is 0 Å². The number of carbonyl (C=O) groups is 4. The Hall–Kier alpha value is -6.67. The third kappa shape index (κ3) is 14.5. The zero-order chi connectivity index (χ0) is 50.5. The van der Waals surface area contributed by atoms with E-state index in [-0.39, 0.29) is 61.1 Å². The number of anilines is 1. The van der Waals surface area contributed by atoms with Crippen LogP contribution in [0.1, 0.15) is 107 Å². The molecule has 2 aliphatic heterocycles. The molecule has 0 bridgehead atoms. The molecule has 2 fully saturated rings. The van der Waals surface area contributed by atoms with Gasteiger partial charge in [-0.1, -0.05) is 107 Å². The average Bonchev–Trinajstić information content (AvgIpc) is 3.98. The van der Waals surface area contributed by atoms with Gasteiger partial charge in [-0.05, 0) is 72.2 Å². The number of likely N-dealkylation sites (tertiary alicyclic amines) is 1. The molecule has 15 nitrogen and oxygen atoms in total. The van der Waals surface area contributed by atoms with Crippen molar-refractivity contribution in [1.29, 1.82) is 0 Å². The number of benzene rings is 3. The van der Waals surface area contributed by atoms with Crippen LogP contribution >= 0.6 is 11.3 Å². The number of hydrogen-bond donors (Lipinski definition) is 5. The van der Waals surface area contributed by atoms with Crippen LogP contribution in [0.25, 0.3) is 21.7 Å². The molecule has 3 aromatic carbocycles. The number of β-amino-alcohol motifs (C(OH)–C–C–N with tert-alkyl or cyclic N) is 1. The molecule has 1 unspecified atom stereocenters. The van der Waals surface area contributed by atoms with Gasteiger partial charge in [0.05, 0.1) is 33.4 Å². The zero-order valence-corrected chi connectivity index (χ0v) is 42.1. The first-order chi connectivity index (χ1) is 34.1. The summed E-state index contributed by atoms with van der Waals surface area (Å²) in [5.41, 5.74) is 13.8. The highest BCUT2D eigenvalue weighted by Gasteiger charge is 2.44. The highest BCUT2D eigenvalue weighted by Crippen LogP contribution is 2.30. The van der Waals surface area contributed by atoms with Gasteiger partial charge in [-0.2, -0.15) is 0 Å². The lowest BCUT2D eigenvalue weighted by Gasteiger charge is -2.35. The van der Waals surface area contributed by atoms with Gasteiger partial charge < -0.3 is 36.4 Å². The van der Waals surface area contributed by atoms with E-state index in [0.29, 0.717) is 42.8 Å². The highest BCUT2D eigenvalue weighted by atomic mass is 32.1. The molecule has 2 aliphatic rings. The van der Waals surface area contributed by atoms with Crippen LogP contribution < -0.4 is 16.4 Å². The summed E-state index contributed by atoms with van der Waals surface area (Å²) in [6.07, 6.45) is 5.31. The maximum absolute atomic E-state index is 14.0. The number of piperazine rings is 1. The lowest BCUT2D eigenvalue weighted by molar-refractivity contribution is -0.144. The Labute approximate surface area is 421 Å². The van der Waals surface area contributed by atoms with Crippen molar-refractivity contribution in [1.82, 2.24) is 40.5 Å². The molecule has 7 rings (SSSR count). The Kier molecular flexibility index (Phi) is 18.0. The van der Waals surface area contributed by atoms with E-state index in [0.717, 1.165) is 84.6 Å². The molecule has 16 heteroatoms. The molecule has 6 N–H and O–H groups in total. The topological polar surface area (TPSA) is 207 Å². The average molecular weight is 982 g/mol. The van der Waals surface area contributed by atoms with Crippen molar-refractivity contribution < 1.29 is 29.4 Å². The predicted molar refractivity (Wildman–Crippen MR) is 276 cm³/mol. The van der Waals surface area contributed by atoms with Crippen LogP contribution in [0, 0.1) is 24.2 Å². The van der Waals surface area contributed by atoms with Crippen LogP contribution in [0.5, 0.6) is 5.75 Å². The van der Waals surface area contributed by atoms with Crippen LogP contribution in [-0.2, 0) is 32.3 Å². The number of phenols is 1. The number of nitrogens with zero attached hydrogens (tertiary/aromatic N) is 6. The number of aryl methyl sites for hydroxylation is 1. The Morgan fingerprint density at radius 3 is 2.28 bits per heavy atom. The van der Waals surface area contributed by atoms with E-state index >= 15 is 0 Å². The van der Waals surface area contributed by atoms with Crippen LogP contribution in [-0.4, -0.2) is 115 Å². The maximum Gasteiger partial charge on any atom is 0.246 e. The van der Waals surface area contributed by atoms with Crippen molar-refractivity contribution in [3.8, 4) is 39.3 Å². The number of carbonyl (C=O) groups excluding carboxylic acids is 4. The fourth-order valence-electron chi connectivity index (χ4n) is 9.06. The summed E-state index contributed by atoms with van der Waals surface area (Å²) in [6.45, 7) is 11.6. The molecule has 71 heavy (non-hydrogen) atoms. The minimum atomic E-state index is -0.867. The summed E-state index contributed by atoms with van der Waals surface area (Å²) in [5, 5.41) is 35.0. The molecule has 5 aromatic rings. The maximum atomic E-state index is 14.0. The van der Waals surface area contributed by atoms with Crippen molar-refractivity contribution in [3.63, 3.8) is 0 Å². The number of rotatable bonds is 18. The van der Waals surface area contributed by atoms with Gasteiger partial charge in [0.1, 0.15) is 17.8 Å². The molecule has 4 heterocycles. The van der Waals surface area contributed by atoms with E-state index in [1.807, 2.05) is 80.6 Å². The number of aliphatic hydroxyl groups excluding tert-OH is 1. The lowest BCUT2D eigenvalue weighted by Crippen LogP contribution is -2.57. The normalized spacial score (nSPS) is 16.5. The fourth-order valence-corrected chi connectivity index (χ4v) is 9.88. The zero-order valence-electron chi connectivity index (χ0n) is 41.3. The first-order valence-corrected chi connectivity index (χ1v) is 25.6. The Balaban J connectivity index is 0.769. The number of nitrogens with two attached hydrogens (primary N) is 1. The highest BCUT2D eigenvalue weighted by molar-refractivity contribution is 7.13. The molecule has 0 radical (unpaired) electrons. The minimum Gasteiger partial charge on any atom is -0.507 e. The summed E-state index contributed by atoms with van der Waals surface area (Å²) in [5.74, 6) is 5.91. The van der Waals surface area contributed by atoms with E-state index in [4.69, 9.17) is 5.73 Å². The molecule has 0 saturated carbocycles. The van der Waals surface area contributed by atoms with E-state index in [1.54, 1.807) is 35.6 Å². The van der Waals surface area contributed by atoms with E-state index in [1.165, 1.54) is 4.90 Å². The van der Waals surface area contributed by atoms with Crippen LogP contribution in [0.15, 0.2) is 84.4 Å². The van der Waals surface area contributed by atoms with Gasteiger partial charge in [-0.25, -0.2) is 4.98 Å². The molecule has 4 amide bonds. The number of phenolic OH excluding ortho intramolecular Hbond substituents is 1. The minimum absolute atomic E-state index is 0.0228. The molecule has 0 aliphatic carbocycles. The second kappa shape index (κ2) is 24.4. The summed E-state index contributed by atoms with van der Waals surface area (Å²) in [4.78, 5) is 65.0. The summed E-state index contributed by atoms with van der Waals surface area (Å²) < 4.78 is 0. The Morgan fingerprint density at radius 1 is 0.859 bits per heavy atom. The number of aromatic hydroxyl groups is 1. The first-order valence-electron chi connectivity index (χ1n) is 24.7. The van der Waals surface area contributed by atoms with Gasteiger partial charge in [0, 0.05) is 76.2 Å². The molecule has 0 spiro atoms. The van der Waals surface area contributed by atoms with E-state index in [9.17, 15) is 29.4 Å². The van der Waals surface area contributed by atoms with Crippen LogP contribution in [0.3, 0.4) is 0 Å². The van der Waals surface area contributed by atoms with E-state index in [2.05, 4.69) is 54.7 Å². The van der Waals surface area contributed by atoms with Crippen molar-refractivity contribution in [2.45, 2.75) is 117 Å². The van der Waals surface area contributed by atoms with Gasteiger partial charge in [0.25, 0.3) is 0 Å². The standard InChI is InChI=1S/C55H67N9O6S/c1-37-50(71-36-58-37)41-23-21-39(22-24-41)33-57-53(69)46-32-43(65)35-64(46)54(70)51(55(2,3)4)59-48(67)18-9-7-5-6-8-10-19-49(68)63-28-26-62(27-29-63)34-40-15-13-14-38(30-40)20-25-42-31-45(60-61-52(42)56)44-16-11-12-17-47(44)66/h11-17,21-24,30-31,36,43,46,51,65-66H,5-10,18-19,26-29,32-35H2,1-4H3,(H2,56,61)(H,57,69)(H,59,67)/t43-,46+,51?/m1/s1. The van der Waals surface area contributed by atoms with Crippen molar-refractivity contribution >= 4 is 40.8 Å². The molecule has 374 valence electrons. The largest absolute Gasteiger partial charge is 0.507 e. The van der Waals surface area contributed by atoms with Gasteiger partial charge in [-0.3, -0.25) is 24.1 Å². The molecule has 3 atom stereocenters. The second-order valence-corrected chi connectivity index (χ2v) is 20.6. The number of aliphatic hydroxyl groups is 1. The Morgan fingerprint density at radius 2 is 1.58 bits per heavy atom. The first kappa shape index (κ1) is 52.2. The van der Waals surface area contributed by atoms with Crippen LogP contribution in [0.4, 0.5) is 5.82 Å². The number of aromatic nitrogens is 3. The van der Waals surface area contributed by atoms with Crippen LogP contribution in [0.2, 0.25) is 0 Å². The monoisotopic (exact) mass is 981 g/mol. The number of nitrogen functional groups attached to an aromatic ring is 1. The number of amides is 4. The third-order valence-corrected chi connectivity index (χ3v) is 14.1. The Bertz CT molecular complexity index is 2700. The summed E-state index contributed by atoms with van der Waals surface area (Å²) >= 11 is 1.58. The van der Waals surface area contributed by atoms with Crippen molar-refractivity contribution in [2.75, 3.05) is 38.5 Å². The van der Waals surface area contributed by atoms with Crippen molar-refractivity contribution in [3.05, 3.63) is 112 Å². The molecule has 2 saturated heterocycles. The fraction of sp³-hybridized carbons (Fsp3) is 0.436. The molecular weight excluding hydrogens is 915 g/mol. The smallest absolute Gasteiger partial charge is 0.246 e. The number of nitrogens with one attached hydrogen (secondary N) is 2. The summed E-state index contributed by atoms with van der Waals surface area (Å²) in [6, 6.07) is 22.9. The number of para-hydroxylation sites is 1. The quantitative estimate of drug-likeness (QED) is 0.0454. The van der Waals surface area contributed by atoms with Gasteiger partial charge in [0.15, 0.2) is 5.82 Å². The lowest BCUT2D eigenvalue weighted by atomic mass is 9.85. The van der Waals surface area contributed by atoms with Gasteiger partial charge in [0.2, 0.25) is 23.6 Å². The predicted octanol–water partition coefficient (Wildman–Crippen LogP) is 6.84. The second-order valence-electron chi connectivity index (χ2n) is 19.7. The van der Waals surface area contributed by atoms with E-state index < -0.39 is 23.6 Å². The SMILES string of the molecule is Cc1ncsc1-c1ccc(CNC(=O)[C@@H]2C[C@@H](O)CN2C(=O)C(NC(=O)CCCCCCCCC(=O)N2CCN(Cc3cccc(C#Cc4cc(-c5ccccc5O)nnc4N)c3)CC2)C(C)(C)C)cc1. The molecule has 2 aromatic heterocycles. The summed E-state index contributed by atoms with van der Waals surface area (Å²) in [7, 11) is 0. The third-order valence-electron chi connectivity index (χ3n) is 13.2. The number of unbranched alkanes of at least 4 members (excludes halogenated alkanes) is 5. The number of hydrogen-bond acceptors (Lipinski definition) is 12. The number of thiazole rings is 1. The molecular formula is C55H67N9O6S. The van der Waals surface area contributed by atoms with Gasteiger partial charge in [-0.15, -0.1) is 21.5 Å². The van der Waals surface area contributed by atoms with Crippen molar-refractivity contribution in [2.24, 2.45) is 5.41 Å².